The fraction of sp³-hybridized carbons (Fsp3) is 0.385. The molecule has 7 nitrogen and oxygen atoms in total. The summed E-state index contributed by atoms with van der Waals surface area (Å²) in [5.74, 6) is 1.16. The van der Waals surface area contributed by atoms with Gasteiger partial charge in [0, 0.05) is 45.2 Å². The van der Waals surface area contributed by atoms with Gasteiger partial charge in [-0.1, -0.05) is 18.2 Å². The molecule has 0 N–H and O–H groups in total. The lowest BCUT2D eigenvalue weighted by Crippen LogP contribution is -2.27. The summed E-state index contributed by atoms with van der Waals surface area (Å²) in [6, 6.07) is 9.56. The van der Waals surface area contributed by atoms with Crippen LogP contribution in [0.25, 0.3) is 0 Å². The fourth-order valence-electron chi connectivity index (χ4n) is 3.93. The summed E-state index contributed by atoms with van der Waals surface area (Å²) in [7, 11) is 4.09. The molecule has 0 atom stereocenters. The van der Waals surface area contributed by atoms with E-state index in [1.54, 1.807) is 12.1 Å². The molecule has 1 aliphatic heterocycles. The Morgan fingerprint density at radius 1 is 1.03 bits per heavy atom. The molecule has 2 aromatic heterocycles. The third kappa shape index (κ3) is 6.86. The highest BCUT2D eigenvalue weighted by molar-refractivity contribution is 5.81. The van der Waals surface area contributed by atoms with Crippen LogP contribution in [0.2, 0.25) is 0 Å². The van der Waals surface area contributed by atoms with E-state index in [0.29, 0.717) is 23.6 Å². The third-order valence-corrected chi connectivity index (χ3v) is 5.96. The van der Waals surface area contributed by atoms with Gasteiger partial charge in [-0.2, -0.15) is 13.2 Å². The Kier molecular flexibility index (Phi) is 7.95. The number of carbonyl (C=O) groups excluding carboxylic acids is 1. The molecule has 0 saturated carbocycles. The van der Waals surface area contributed by atoms with E-state index in [2.05, 4.69) is 24.8 Å². The van der Waals surface area contributed by atoms with Crippen molar-refractivity contribution in [2.75, 3.05) is 27.2 Å². The number of alkyl halides is 3. The number of hydrogen-bond donors (Lipinski definition) is 0. The molecule has 3 heterocycles. The number of likely N-dealkylation sites (N-methyl/N-ethyl adjacent to an activating group) is 1. The van der Waals surface area contributed by atoms with Crippen molar-refractivity contribution in [3.8, 4) is 11.6 Å². The van der Waals surface area contributed by atoms with Crippen LogP contribution in [0.1, 0.15) is 34.5 Å². The van der Waals surface area contributed by atoms with Gasteiger partial charge in [-0.05, 0) is 49.8 Å². The number of ether oxygens (including phenoxy) is 1. The average molecular weight is 500 g/mol. The van der Waals surface area contributed by atoms with E-state index in [1.807, 2.05) is 26.2 Å². The first-order chi connectivity index (χ1) is 17.2. The molecule has 0 fully saturated rings. The Labute approximate surface area is 208 Å². The molecule has 0 aliphatic carbocycles. The monoisotopic (exact) mass is 499 g/mol. The lowest BCUT2D eigenvalue weighted by atomic mass is 10.0. The zero-order valence-corrected chi connectivity index (χ0v) is 20.3. The van der Waals surface area contributed by atoms with Gasteiger partial charge in [0.25, 0.3) is 0 Å². The smallest absolute Gasteiger partial charge is 0.433 e. The van der Waals surface area contributed by atoms with E-state index in [-0.39, 0.29) is 18.6 Å². The first-order valence-corrected chi connectivity index (χ1v) is 11.7. The second kappa shape index (κ2) is 11.1. The second-order valence-corrected chi connectivity index (χ2v) is 9.13. The van der Waals surface area contributed by atoms with Crippen molar-refractivity contribution in [3.05, 3.63) is 77.0 Å². The first-order valence-electron chi connectivity index (χ1n) is 11.7. The molecule has 0 bridgehead atoms. The van der Waals surface area contributed by atoms with Crippen molar-refractivity contribution in [2.24, 2.45) is 0 Å². The van der Waals surface area contributed by atoms with Crippen LogP contribution in [0, 0.1) is 0 Å². The average Bonchev–Trinajstić information content (AvgIpc) is 3.27. The van der Waals surface area contributed by atoms with Gasteiger partial charge in [0.1, 0.15) is 23.6 Å². The molecule has 10 heteroatoms. The number of halogens is 3. The predicted octanol–water partition coefficient (Wildman–Crippen LogP) is 4.30. The lowest BCUT2D eigenvalue weighted by molar-refractivity contribution is -0.141. The van der Waals surface area contributed by atoms with Crippen LogP contribution in [-0.2, 0) is 36.9 Å². The number of fused-ring (bicyclic) bond motifs is 1. The molecule has 0 saturated heterocycles. The van der Waals surface area contributed by atoms with Crippen molar-refractivity contribution in [2.45, 2.75) is 38.5 Å². The van der Waals surface area contributed by atoms with Crippen molar-refractivity contribution < 1.29 is 22.7 Å². The SMILES string of the molecule is CN(C)CCN1Cc2ncnc(Oc3ccc(CC(=O)CCc4ccc(C(F)(F)F)nc4)cc3)c2C1. The normalized spacial score (nSPS) is 13.7. The minimum absolute atomic E-state index is 0.00463. The number of ketones is 1. The molecule has 3 aromatic rings. The van der Waals surface area contributed by atoms with Crippen molar-refractivity contribution in [1.29, 1.82) is 0 Å². The highest BCUT2D eigenvalue weighted by Crippen LogP contribution is 2.31. The van der Waals surface area contributed by atoms with Gasteiger partial charge in [0.05, 0.1) is 11.3 Å². The Balaban J connectivity index is 1.29. The standard InChI is InChI=1S/C26H28F3N5O2/c1-33(2)11-12-34-15-22-23(16-34)31-17-32-25(22)36-21-8-4-18(5-9-21)13-20(35)7-3-19-6-10-24(30-14-19)26(27,28)29/h4-6,8-10,14,17H,3,7,11-13,15-16H2,1-2H3. The third-order valence-electron chi connectivity index (χ3n) is 5.96. The topological polar surface area (TPSA) is 71.5 Å². The molecule has 1 aliphatic rings. The summed E-state index contributed by atoms with van der Waals surface area (Å²) in [6.45, 7) is 3.39. The number of carbonyl (C=O) groups is 1. The molecule has 0 amide bonds. The van der Waals surface area contributed by atoms with Crippen molar-refractivity contribution in [1.82, 2.24) is 24.8 Å². The van der Waals surface area contributed by atoms with E-state index >= 15 is 0 Å². The zero-order valence-electron chi connectivity index (χ0n) is 20.3. The van der Waals surface area contributed by atoms with E-state index in [0.717, 1.165) is 49.1 Å². The number of hydrogen-bond acceptors (Lipinski definition) is 7. The lowest BCUT2D eigenvalue weighted by Gasteiger charge is -2.17. The predicted molar refractivity (Wildman–Crippen MR) is 127 cm³/mol. The number of aryl methyl sites for hydroxylation is 1. The van der Waals surface area contributed by atoms with Gasteiger partial charge in [0.2, 0.25) is 5.88 Å². The summed E-state index contributed by atoms with van der Waals surface area (Å²) in [6.07, 6.45) is -0.975. The van der Waals surface area contributed by atoms with Gasteiger partial charge in [-0.3, -0.25) is 14.7 Å². The Morgan fingerprint density at radius 3 is 2.44 bits per heavy atom. The van der Waals surface area contributed by atoms with Crippen LogP contribution in [0.4, 0.5) is 13.2 Å². The van der Waals surface area contributed by atoms with Crippen LogP contribution in [0.5, 0.6) is 11.6 Å². The van der Waals surface area contributed by atoms with Crippen LogP contribution in [0.15, 0.2) is 48.9 Å². The Morgan fingerprint density at radius 2 is 1.78 bits per heavy atom. The number of aromatic nitrogens is 3. The molecule has 190 valence electrons. The molecular weight excluding hydrogens is 471 g/mol. The number of pyridine rings is 1. The number of Topliss-reactive ketones (excluding diaryl/α,β-unsaturated/α-hetero) is 1. The van der Waals surface area contributed by atoms with E-state index in [1.165, 1.54) is 18.6 Å². The maximum atomic E-state index is 12.6. The van der Waals surface area contributed by atoms with Crippen LogP contribution in [-0.4, -0.2) is 57.7 Å². The van der Waals surface area contributed by atoms with Crippen molar-refractivity contribution >= 4 is 5.78 Å². The maximum Gasteiger partial charge on any atom is 0.433 e. The minimum atomic E-state index is -4.47. The largest absolute Gasteiger partial charge is 0.439 e. The molecule has 1 aromatic carbocycles. The zero-order chi connectivity index (χ0) is 25.7. The summed E-state index contributed by atoms with van der Waals surface area (Å²) < 4.78 is 43.9. The van der Waals surface area contributed by atoms with Gasteiger partial charge in [-0.25, -0.2) is 9.97 Å². The van der Waals surface area contributed by atoms with E-state index < -0.39 is 11.9 Å². The fourth-order valence-corrected chi connectivity index (χ4v) is 3.93. The minimum Gasteiger partial charge on any atom is -0.439 e. The molecule has 0 unspecified atom stereocenters. The van der Waals surface area contributed by atoms with Gasteiger partial charge in [-0.15, -0.1) is 0 Å². The Hall–Kier alpha value is -3.37. The molecule has 0 radical (unpaired) electrons. The highest BCUT2D eigenvalue weighted by atomic mass is 19.4. The maximum absolute atomic E-state index is 12.6. The quantitative estimate of drug-likeness (QED) is 0.412. The summed E-state index contributed by atoms with van der Waals surface area (Å²) in [5.41, 5.74) is 2.46. The Bertz CT molecular complexity index is 1180. The van der Waals surface area contributed by atoms with E-state index in [9.17, 15) is 18.0 Å². The first kappa shape index (κ1) is 25.7. The number of benzene rings is 1. The molecule has 36 heavy (non-hydrogen) atoms. The second-order valence-electron chi connectivity index (χ2n) is 9.13. The molecule has 0 spiro atoms. The van der Waals surface area contributed by atoms with Crippen LogP contribution in [0.3, 0.4) is 0 Å². The van der Waals surface area contributed by atoms with Gasteiger partial charge in [0.15, 0.2) is 0 Å². The van der Waals surface area contributed by atoms with Gasteiger partial charge < -0.3 is 9.64 Å². The number of rotatable bonds is 10. The summed E-state index contributed by atoms with van der Waals surface area (Å²) in [4.78, 5) is 29.0. The molecule has 4 rings (SSSR count). The summed E-state index contributed by atoms with van der Waals surface area (Å²) >= 11 is 0. The molecular formula is C26H28F3N5O2. The van der Waals surface area contributed by atoms with E-state index in [4.69, 9.17) is 4.74 Å². The van der Waals surface area contributed by atoms with Crippen LogP contribution >= 0.6 is 0 Å². The van der Waals surface area contributed by atoms with Crippen LogP contribution < -0.4 is 4.74 Å². The van der Waals surface area contributed by atoms with Crippen molar-refractivity contribution in [3.63, 3.8) is 0 Å². The van der Waals surface area contributed by atoms with Gasteiger partial charge >= 0.3 is 6.18 Å². The highest BCUT2D eigenvalue weighted by Gasteiger charge is 2.32. The number of nitrogens with zero attached hydrogens (tertiary/aromatic N) is 5. The summed E-state index contributed by atoms with van der Waals surface area (Å²) in [5, 5.41) is 0.